The predicted octanol–water partition coefficient (Wildman–Crippen LogP) is 2.50. The fourth-order valence-corrected chi connectivity index (χ4v) is 1.47. The second-order valence-electron chi connectivity index (χ2n) is 2.66. The predicted molar refractivity (Wildman–Crippen MR) is 52.1 cm³/mol. The molecular formula is C8H8BrNO3. The standard InChI is InChI=1S/C8H8BrNO3/c1-5-2-7(10(12)13)3-6(4-9)8(5)11/h2-3,11H,4H2,1H3. The van der Waals surface area contributed by atoms with Gasteiger partial charge in [-0.2, -0.15) is 0 Å². The van der Waals surface area contributed by atoms with Crippen LogP contribution in [0.1, 0.15) is 11.1 Å². The summed E-state index contributed by atoms with van der Waals surface area (Å²) in [5.74, 6) is 0.113. The van der Waals surface area contributed by atoms with Crippen LogP contribution in [-0.4, -0.2) is 10.0 Å². The molecule has 0 aliphatic carbocycles. The van der Waals surface area contributed by atoms with Crippen molar-refractivity contribution in [2.45, 2.75) is 12.3 Å². The van der Waals surface area contributed by atoms with Crippen LogP contribution >= 0.6 is 15.9 Å². The molecule has 0 amide bonds. The van der Waals surface area contributed by atoms with E-state index in [0.29, 0.717) is 16.5 Å². The number of phenols is 1. The third-order valence-corrected chi connectivity index (χ3v) is 2.32. The number of nitrogens with zero attached hydrogens (tertiary/aromatic N) is 1. The van der Waals surface area contributed by atoms with Gasteiger partial charge in [0, 0.05) is 23.0 Å². The van der Waals surface area contributed by atoms with Crippen LogP contribution in [0.15, 0.2) is 12.1 Å². The van der Waals surface area contributed by atoms with Gasteiger partial charge in [0.05, 0.1) is 4.92 Å². The molecule has 0 aliphatic rings. The molecule has 1 N–H and O–H groups in total. The Labute approximate surface area is 83.5 Å². The third-order valence-electron chi connectivity index (χ3n) is 1.72. The van der Waals surface area contributed by atoms with Crippen LogP contribution in [0.4, 0.5) is 5.69 Å². The molecule has 0 aromatic heterocycles. The molecule has 0 spiro atoms. The lowest BCUT2D eigenvalue weighted by molar-refractivity contribution is -0.385. The summed E-state index contributed by atoms with van der Waals surface area (Å²) < 4.78 is 0. The number of nitro groups is 1. The number of benzene rings is 1. The molecule has 0 unspecified atom stereocenters. The summed E-state index contributed by atoms with van der Waals surface area (Å²) in [6.07, 6.45) is 0. The molecule has 13 heavy (non-hydrogen) atoms. The lowest BCUT2D eigenvalue weighted by Crippen LogP contribution is -1.91. The number of halogens is 1. The van der Waals surface area contributed by atoms with Gasteiger partial charge in [-0.3, -0.25) is 10.1 Å². The highest BCUT2D eigenvalue weighted by Gasteiger charge is 2.12. The molecule has 0 radical (unpaired) electrons. The summed E-state index contributed by atoms with van der Waals surface area (Å²) in [4.78, 5) is 9.97. The molecule has 1 aromatic rings. The van der Waals surface area contributed by atoms with Gasteiger partial charge >= 0.3 is 0 Å². The fourth-order valence-electron chi connectivity index (χ4n) is 1.04. The molecular weight excluding hydrogens is 238 g/mol. The zero-order valence-corrected chi connectivity index (χ0v) is 8.54. The zero-order chi connectivity index (χ0) is 10.0. The monoisotopic (exact) mass is 245 g/mol. The minimum atomic E-state index is -0.474. The normalized spacial score (nSPS) is 10.0. The van der Waals surface area contributed by atoms with Crippen molar-refractivity contribution >= 4 is 21.6 Å². The Hall–Kier alpha value is -1.10. The summed E-state index contributed by atoms with van der Waals surface area (Å²) >= 11 is 3.14. The summed E-state index contributed by atoms with van der Waals surface area (Å²) in [5.41, 5.74) is 1.06. The number of aromatic hydroxyl groups is 1. The number of aryl methyl sites for hydroxylation is 1. The second kappa shape index (κ2) is 3.74. The summed E-state index contributed by atoms with van der Waals surface area (Å²) in [6.45, 7) is 1.63. The first kappa shape index (κ1) is 9.98. The Morgan fingerprint density at radius 3 is 2.69 bits per heavy atom. The van der Waals surface area contributed by atoms with Gasteiger partial charge in [-0.15, -0.1) is 0 Å². The number of hydrogen-bond donors (Lipinski definition) is 1. The Bertz CT molecular complexity index is 351. The first-order valence-corrected chi connectivity index (χ1v) is 4.71. The van der Waals surface area contributed by atoms with E-state index in [1.54, 1.807) is 6.92 Å². The quantitative estimate of drug-likeness (QED) is 0.495. The highest BCUT2D eigenvalue weighted by atomic mass is 79.9. The molecule has 4 nitrogen and oxygen atoms in total. The van der Waals surface area contributed by atoms with E-state index < -0.39 is 4.92 Å². The van der Waals surface area contributed by atoms with Gasteiger partial charge in [0.1, 0.15) is 5.75 Å². The number of non-ortho nitro benzene ring substituents is 1. The summed E-state index contributed by atoms with van der Waals surface area (Å²) in [7, 11) is 0. The van der Waals surface area contributed by atoms with Crippen LogP contribution in [0.25, 0.3) is 0 Å². The number of alkyl halides is 1. The molecule has 0 fully saturated rings. The first-order valence-electron chi connectivity index (χ1n) is 3.59. The number of nitro benzene ring substituents is 1. The fraction of sp³-hybridized carbons (Fsp3) is 0.250. The van der Waals surface area contributed by atoms with Gasteiger partial charge in [-0.1, -0.05) is 15.9 Å². The van der Waals surface area contributed by atoms with Crippen molar-refractivity contribution in [3.05, 3.63) is 33.4 Å². The smallest absolute Gasteiger partial charge is 0.270 e. The summed E-state index contributed by atoms with van der Waals surface area (Å²) in [6, 6.07) is 2.71. The van der Waals surface area contributed by atoms with Gasteiger partial charge in [-0.25, -0.2) is 0 Å². The van der Waals surface area contributed by atoms with Crippen molar-refractivity contribution < 1.29 is 10.0 Å². The minimum Gasteiger partial charge on any atom is -0.507 e. The van der Waals surface area contributed by atoms with E-state index in [2.05, 4.69) is 15.9 Å². The van der Waals surface area contributed by atoms with Gasteiger partial charge in [0.15, 0.2) is 0 Å². The molecule has 0 atom stereocenters. The van der Waals surface area contributed by atoms with Crippen molar-refractivity contribution in [1.82, 2.24) is 0 Å². The highest BCUT2D eigenvalue weighted by Crippen LogP contribution is 2.28. The van der Waals surface area contributed by atoms with Crippen molar-refractivity contribution in [2.24, 2.45) is 0 Å². The molecule has 5 heteroatoms. The highest BCUT2D eigenvalue weighted by molar-refractivity contribution is 9.08. The van der Waals surface area contributed by atoms with Crippen LogP contribution in [-0.2, 0) is 5.33 Å². The van der Waals surface area contributed by atoms with Crippen molar-refractivity contribution in [2.75, 3.05) is 0 Å². The third kappa shape index (κ3) is 1.98. The minimum absolute atomic E-state index is 0.00440. The Balaban J connectivity index is 3.30. The molecule has 0 saturated carbocycles. The van der Waals surface area contributed by atoms with Gasteiger partial charge in [0.2, 0.25) is 0 Å². The van der Waals surface area contributed by atoms with E-state index in [9.17, 15) is 15.2 Å². The number of rotatable bonds is 2. The lowest BCUT2D eigenvalue weighted by atomic mass is 10.1. The van der Waals surface area contributed by atoms with Crippen LogP contribution in [0.5, 0.6) is 5.75 Å². The maximum atomic E-state index is 10.4. The summed E-state index contributed by atoms with van der Waals surface area (Å²) in [5, 5.41) is 20.3. The van der Waals surface area contributed by atoms with Crippen LogP contribution in [0, 0.1) is 17.0 Å². The molecule has 0 aliphatic heterocycles. The zero-order valence-electron chi connectivity index (χ0n) is 6.95. The largest absolute Gasteiger partial charge is 0.507 e. The SMILES string of the molecule is Cc1cc([N+](=O)[O-])cc(CBr)c1O. The average molecular weight is 246 g/mol. The van der Waals surface area contributed by atoms with E-state index in [-0.39, 0.29) is 11.4 Å². The van der Waals surface area contributed by atoms with Crippen LogP contribution in [0.3, 0.4) is 0 Å². The first-order chi connectivity index (χ1) is 6.06. The van der Waals surface area contributed by atoms with E-state index in [1.165, 1.54) is 12.1 Å². The van der Waals surface area contributed by atoms with E-state index in [1.807, 2.05) is 0 Å². The van der Waals surface area contributed by atoms with Crippen LogP contribution in [0.2, 0.25) is 0 Å². The van der Waals surface area contributed by atoms with E-state index in [0.717, 1.165) is 0 Å². The molecule has 1 rings (SSSR count). The van der Waals surface area contributed by atoms with Gasteiger partial charge < -0.3 is 5.11 Å². The number of phenolic OH excluding ortho intramolecular Hbond substituents is 1. The maximum Gasteiger partial charge on any atom is 0.270 e. The van der Waals surface area contributed by atoms with E-state index in [4.69, 9.17) is 0 Å². The molecule has 70 valence electrons. The molecule has 1 aromatic carbocycles. The van der Waals surface area contributed by atoms with Crippen LogP contribution < -0.4 is 0 Å². The number of hydrogen-bond acceptors (Lipinski definition) is 3. The van der Waals surface area contributed by atoms with Crippen molar-refractivity contribution in [1.29, 1.82) is 0 Å². The average Bonchev–Trinajstić information content (AvgIpc) is 2.09. The van der Waals surface area contributed by atoms with E-state index >= 15 is 0 Å². The lowest BCUT2D eigenvalue weighted by Gasteiger charge is -2.03. The topological polar surface area (TPSA) is 63.4 Å². The van der Waals surface area contributed by atoms with Crippen molar-refractivity contribution in [3.63, 3.8) is 0 Å². The maximum absolute atomic E-state index is 10.4. The Morgan fingerprint density at radius 2 is 2.23 bits per heavy atom. The molecule has 0 bridgehead atoms. The van der Waals surface area contributed by atoms with Crippen molar-refractivity contribution in [3.8, 4) is 5.75 Å². The van der Waals surface area contributed by atoms with Gasteiger partial charge in [-0.05, 0) is 12.5 Å². The Morgan fingerprint density at radius 1 is 1.62 bits per heavy atom. The Kier molecular flexibility index (Phi) is 2.87. The molecule has 0 heterocycles. The molecule has 0 saturated heterocycles. The van der Waals surface area contributed by atoms with Gasteiger partial charge in [0.25, 0.3) is 5.69 Å². The second-order valence-corrected chi connectivity index (χ2v) is 3.22.